The van der Waals surface area contributed by atoms with E-state index in [1.807, 2.05) is 57.2 Å². The molecule has 0 saturated carbocycles. The van der Waals surface area contributed by atoms with Crippen molar-refractivity contribution in [3.63, 3.8) is 0 Å². The molecule has 0 bridgehead atoms. The molecular formula is C35H47FN6O3. The molecule has 0 saturated heterocycles. The number of unbranched alkanes of at least 4 members (excludes halogenated alkanes) is 4. The number of aromatic nitrogens is 4. The fraction of sp³-hybridized carbons (Fsp3) is 0.486. The Bertz CT molecular complexity index is 1500. The Hall–Kier alpha value is -4.05. The number of halogens is 1. The third-order valence-corrected chi connectivity index (χ3v) is 7.56. The molecule has 45 heavy (non-hydrogen) atoms. The van der Waals surface area contributed by atoms with E-state index in [0.29, 0.717) is 17.3 Å². The minimum atomic E-state index is -0.688. The average molecular weight is 619 g/mol. The van der Waals surface area contributed by atoms with Crippen LogP contribution in [0.1, 0.15) is 95.8 Å². The molecule has 1 atom stereocenters. The van der Waals surface area contributed by atoms with Gasteiger partial charge in [0.15, 0.2) is 5.65 Å². The van der Waals surface area contributed by atoms with Gasteiger partial charge in [0, 0.05) is 17.8 Å². The van der Waals surface area contributed by atoms with Gasteiger partial charge in [-0.25, -0.2) is 14.8 Å². The first-order chi connectivity index (χ1) is 21.5. The van der Waals surface area contributed by atoms with Gasteiger partial charge in [0.05, 0.1) is 25.4 Å². The van der Waals surface area contributed by atoms with Crippen molar-refractivity contribution in [3.8, 4) is 0 Å². The second-order valence-electron chi connectivity index (χ2n) is 12.9. The lowest BCUT2D eigenvalue weighted by molar-refractivity contribution is 0.0575. The molecule has 0 unspecified atom stereocenters. The number of fused-ring (bicyclic) bond motifs is 1. The summed E-state index contributed by atoms with van der Waals surface area (Å²) >= 11 is 0. The van der Waals surface area contributed by atoms with Gasteiger partial charge >= 0.3 is 6.09 Å². The summed E-state index contributed by atoms with van der Waals surface area (Å²) in [5, 5.41) is 18.3. The summed E-state index contributed by atoms with van der Waals surface area (Å²) in [7, 11) is 0. The number of amides is 1. The monoisotopic (exact) mass is 618 g/mol. The van der Waals surface area contributed by atoms with Gasteiger partial charge in [0.1, 0.15) is 17.2 Å². The SMILES string of the molecule is CC(C)c1cnn2c(N(Cc3ccccc3)C(=O)OC(C)(C)C)cc(N[C@@H](CO)CCCCCCCc3ccc(F)nc3)nc12. The van der Waals surface area contributed by atoms with Gasteiger partial charge in [-0.3, -0.25) is 4.90 Å². The van der Waals surface area contributed by atoms with E-state index >= 15 is 0 Å². The maximum absolute atomic E-state index is 13.6. The summed E-state index contributed by atoms with van der Waals surface area (Å²) in [6.07, 6.45) is 9.77. The topological polar surface area (TPSA) is 105 Å². The van der Waals surface area contributed by atoms with Crippen LogP contribution >= 0.6 is 0 Å². The Morgan fingerprint density at radius 2 is 1.76 bits per heavy atom. The van der Waals surface area contributed by atoms with E-state index in [-0.39, 0.29) is 25.1 Å². The lowest BCUT2D eigenvalue weighted by atomic mass is 10.0. The van der Waals surface area contributed by atoms with Crippen LogP contribution < -0.4 is 10.2 Å². The maximum Gasteiger partial charge on any atom is 0.416 e. The molecule has 10 heteroatoms. The lowest BCUT2D eigenvalue weighted by Crippen LogP contribution is -2.37. The molecular weight excluding hydrogens is 571 g/mol. The highest BCUT2D eigenvalue weighted by Crippen LogP contribution is 2.29. The molecule has 4 aromatic rings. The summed E-state index contributed by atoms with van der Waals surface area (Å²) in [6, 6.07) is 14.6. The molecule has 0 fully saturated rings. The summed E-state index contributed by atoms with van der Waals surface area (Å²) in [5.41, 5.74) is 2.92. The predicted molar refractivity (Wildman–Crippen MR) is 176 cm³/mol. The Morgan fingerprint density at radius 3 is 2.42 bits per heavy atom. The van der Waals surface area contributed by atoms with Crippen LogP contribution in [0.15, 0.2) is 60.9 Å². The van der Waals surface area contributed by atoms with E-state index in [1.165, 1.54) is 6.07 Å². The number of anilines is 2. The second-order valence-corrected chi connectivity index (χ2v) is 12.9. The number of aliphatic hydroxyl groups is 1. The molecule has 0 aliphatic carbocycles. The molecule has 2 N–H and O–H groups in total. The highest BCUT2D eigenvalue weighted by molar-refractivity contribution is 5.88. The van der Waals surface area contributed by atoms with E-state index < -0.39 is 17.6 Å². The van der Waals surface area contributed by atoms with Crippen molar-refractivity contribution in [2.24, 2.45) is 0 Å². The molecule has 0 radical (unpaired) electrons. The Morgan fingerprint density at radius 1 is 1.02 bits per heavy atom. The van der Waals surface area contributed by atoms with Crippen LogP contribution in [0.3, 0.4) is 0 Å². The Kier molecular flexibility index (Phi) is 11.9. The van der Waals surface area contributed by atoms with Crippen molar-refractivity contribution in [1.82, 2.24) is 19.6 Å². The van der Waals surface area contributed by atoms with Crippen LogP contribution in [0, 0.1) is 5.95 Å². The van der Waals surface area contributed by atoms with E-state index in [9.17, 15) is 14.3 Å². The fourth-order valence-electron chi connectivity index (χ4n) is 5.18. The first kappa shape index (κ1) is 33.8. The van der Waals surface area contributed by atoms with Crippen molar-refractivity contribution in [2.45, 2.75) is 104 Å². The number of aryl methyl sites for hydroxylation is 1. The van der Waals surface area contributed by atoms with Gasteiger partial charge in [-0.15, -0.1) is 0 Å². The van der Waals surface area contributed by atoms with Gasteiger partial charge < -0.3 is 15.2 Å². The first-order valence-corrected chi connectivity index (χ1v) is 15.9. The smallest absolute Gasteiger partial charge is 0.416 e. The summed E-state index contributed by atoms with van der Waals surface area (Å²) in [6.45, 7) is 9.95. The fourth-order valence-corrected chi connectivity index (χ4v) is 5.18. The Balaban J connectivity index is 1.49. The lowest BCUT2D eigenvalue weighted by Gasteiger charge is -2.28. The zero-order valence-electron chi connectivity index (χ0n) is 27.2. The normalized spacial score (nSPS) is 12.4. The molecule has 1 amide bonds. The third-order valence-electron chi connectivity index (χ3n) is 7.56. The number of carbonyl (C=O) groups is 1. The van der Waals surface area contributed by atoms with Crippen molar-refractivity contribution >= 4 is 23.4 Å². The van der Waals surface area contributed by atoms with E-state index in [2.05, 4.69) is 29.2 Å². The van der Waals surface area contributed by atoms with E-state index in [4.69, 9.17) is 9.72 Å². The minimum Gasteiger partial charge on any atom is -0.443 e. The number of ether oxygens (including phenoxy) is 1. The zero-order valence-corrected chi connectivity index (χ0v) is 27.2. The van der Waals surface area contributed by atoms with Crippen LogP contribution in [0.5, 0.6) is 0 Å². The Labute approximate surface area is 265 Å². The number of carbonyl (C=O) groups excluding carboxylic acids is 1. The second kappa shape index (κ2) is 15.8. The number of benzene rings is 1. The van der Waals surface area contributed by atoms with Crippen molar-refractivity contribution in [2.75, 3.05) is 16.8 Å². The van der Waals surface area contributed by atoms with Crippen molar-refractivity contribution < 1.29 is 19.0 Å². The molecule has 1 aromatic carbocycles. The molecule has 3 aromatic heterocycles. The van der Waals surface area contributed by atoms with Crippen LogP contribution in [-0.4, -0.2) is 49.0 Å². The summed E-state index contributed by atoms with van der Waals surface area (Å²) in [5.74, 6) is 0.805. The van der Waals surface area contributed by atoms with Gasteiger partial charge in [-0.2, -0.15) is 14.0 Å². The molecule has 0 spiro atoms. The summed E-state index contributed by atoms with van der Waals surface area (Å²) < 4.78 is 20.5. The number of hydrogen-bond donors (Lipinski definition) is 2. The number of hydrogen-bond acceptors (Lipinski definition) is 7. The van der Waals surface area contributed by atoms with E-state index in [1.54, 1.807) is 27.9 Å². The minimum absolute atomic E-state index is 0.0458. The standard InChI is InChI=1S/C35H47FN6O3/c1-25(2)29-22-38-42-32(41(34(44)45-35(3,4)5)23-27-15-11-9-12-16-27)20-31(40-33(29)42)39-28(24-43)17-13-8-6-7-10-14-26-18-19-30(36)37-21-26/h9,11-12,15-16,18-22,25,28,43H,6-8,10,13-14,17,23-24H2,1-5H3,(H,39,40)/t28-/m1/s1. The number of rotatable bonds is 15. The van der Waals surface area contributed by atoms with E-state index in [0.717, 1.165) is 61.6 Å². The third kappa shape index (κ3) is 9.97. The van der Waals surface area contributed by atoms with Gasteiger partial charge in [-0.1, -0.05) is 75.9 Å². The first-order valence-electron chi connectivity index (χ1n) is 15.9. The number of aliphatic hydroxyl groups excluding tert-OH is 1. The molecule has 242 valence electrons. The van der Waals surface area contributed by atoms with Crippen LogP contribution in [-0.2, 0) is 17.7 Å². The maximum atomic E-state index is 13.6. The summed E-state index contributed by atoms with van der Waals surface area (Å²) in [4.78, 5) is 23.9. The predicted octanol–water partition coefficient (Wildman–Crippen LogP) is 7.68. The molecule has 3 heterocycles. The van der Waals surface area contributed by atoms with Gasteiger partial charge in [-0.05, 0) is 63.1 Å². The average Bonchev–Trinajstić information content (AvgIpc) is 3.43. The quantitative estimate of drug-likeness (QED) is 0.104. The molecule has 0 aliphatic heterocycles. The molecule has 9 nitrogen and oxygen atoms in total. The number of nitrogens with zero attached hydrogens (tertiary/aromatic N) is 5. The zero-order chi connectivity index (χ0) is 32.4. The highest BCUT2D eigenvalue weighted by Gasteiger charge is 2.28. The highest BCUT2D eigenvalue weighted by atomic mass is 19.1. The molecule has 4 rings (SSSR count). The molecule has 0 aliphatic rings. The van der Waals surface area contributed by atoms with Gasteiger partial charge in [0.2, 0.25) is 5.95 Å². The van der Waals surface area contributed by atoms with Crippen LogP contribution in [0.25, 0.3) is 5.65 Å². The van der Waals surface area contributed by atoms with Crippen molar-refractivity contribution in [3.05, 3.63) is 83.6 Å². The van der Waals surface area contributed by atoms with Crippen LogP contribution in [0.2, 0.25) is 0 Å². The largest absolute Gasteiger partial charge is 0.443 e. The number of pyridine rings is 1. The van der Waals surface area contributed by atoms with Crippen molar-refractivity contribution in [1.29, 1.82) is 0 Å². The van der Waals surface area contributed by atoms with Crippen LogP contribution in [0.4, 0.5) is 20.8 Å². The number of nitrogens with one attached hydrogen (secondary N) is 1. The van der Waals surface area contributed by atoms with Gasteiger partial charge in [0.25, 0.3) is 0 Å².